The van der Waals surface area contributed by atoms with E-state index >= 15 is 0 Å². The highest BCUT2D eigenvalue weighted by molar-refractivity contribution is 5.93. The third-order valence-electron chi connectivity index (χ3n) is 5.13. The van der Waals surface area contributed by atoms with Gasteiger partial charge in [0.25, 0.3) is 0 Å². The number of hydrogen-bond acceptors (Lipinski definition) is 5. The van der Waals surface area contributed by atoms with Crippen LogP contribution in [0.15, 0.2) is 40.7 Å². The first-order valence-corrected chi connectivity index (χ1v) is 10.1. The van der Waals surface area contributed by atoms with Gasteiger partial charge in [0.2, 0.25) is 0 Å². The molecular formula is C23H26F4N2O3. The smallest absolute Gasteiger partial charge is 0.416 e. The maximum absolute atomic E-state index is 13.8. The first-order chi connectivity index (χ1) is 14.9. The number of nitriles is 1. The average molecular weight is 454 g/mol. The third kappa shape index (κ3) is 5.49. The van der Waals surface area contributed by atoms with Crippen molar-refractivity contribution in [1.29, 1.82) is 5.26 Å². The van der Waals surface area contributed by atoms with E-state index in [-0.39, 0.29) is 29.1 Å². The van der Waals surface area contributed by atoms with E-state index in [2.05, 4.69) is 5.32 Å². The lowest BCUT2D eigenvalue weighted by Gasteiger charge is -2.33. The van der Waals surface area contributed by atoms with Crippen LogP contribution < -0.4 is 5.32 Å². The zero-order valence-corrected chi connectivity index (χ0v) is 18.6. The normalized spacial score (nSPS) is 17.2. The number of nitrogens with zero attached hydrogens (tertiary/aromatic N) is 1. The number of esters is 1. The van der Waals surface area contributed by atoms with Crippen LogP contribution in [-0.4, -0.2) is 25.3 Å². The highest BCUT2D eigenvalue weighted by atomic mass is 19.4. The quantitative estimate of drug-likeness (QED) is 0.444. The number of hydrogen-bond donors (Lipinski definition) is 1. The Labute approximate surface area is 184 Å². The standard InChI is InChI=1S/C23H26F4N2O3/c1-6-9-22(3,4)32-21(30)20-18(12-31-5)29-13(2)16(11-28)19(20)15-8-7-14(24)10-17(15)23(25,26)27/h7-8,10,19,29H,6,9,12H2,1-5H3. The largest absolute Gasteiger partial charge is 0.456 e. The molecule has 2 rings (SSSR count). The van der Waals surface area contributed by atoms with Crippen LogP contribution >= 0.6 is 0 Å². The maximum atomic E-state index is 13.8. The summed E-state index contributed by atoms with van der Waals surface area (Å²) in [5, 5.41) is 12.7. The van der Waals surface area contributed by atoms with Crippen molar-refractivity contribution in [2.45, 2.75) is 58.2 Å². The molecule has 9 heteroatoms. The Hall–Kier alpha value is -2.86. The highest BCUT2D eigenvalue weighted by Crippen LogP contribution is 2.44. The average Bonchev–Trinajstić information content (AvgIpc) is 2.66. The minimum atomic E-state index is -4.91. The molecule has 1 aromatic carbocycles. The number of dihydropyridines is 1. The fraction of sp³-hybridized carbons (Fsp3) is 0.478. The van der Waals surface area contributed by atoms with Crippen molar-refractivity contribution in [3.05, 3.63) is 57.7 Å². The van der Waals surface area contributed by atoms with Gasteiger partial charge in [0.1, 0.15) is 11.4 Å². The Morgan fingerprint density at radius 2 is 1.94 bits per heavy atom. The molecule has 0 radical (unpaired) electrons. The number of allylic oxidation sites excluding steroid dienone is 2. The van der Waals surface area contributed by atoms with Crippen molar-refractivity contribution >= 4 is 5.97 Å². The maximum Gasteiger partial charge on any atom is 0.416 e. The topological polar surface area (TPSA) is 71.3 Å². The van der Waals surface area contributed by atoms with Crippen molar-refractivity contribution in [2.75, 3.05) is 13.7 Å². The fourth-order valence-electron chi connectivity index (χ4n) is 3.84. The predicted octanol–water partition coefficient (Wildman–Crippen LogP) is 5.35. The van der Waals surface area contributed by atoms with E-state index in [0.29, 0.717) is 18.9 Å². The molecule has 0 fully saturated rings. The van der Waals surface area contributed by atoms with Crippen LogP contribution in [0.25, 0.3) is 0 Å². The lowest BCUT2D eigenvalue weighted by molar-refractivity contribution is -0.152. The van der Waals surface area contributed by atoms with Crippen LogP contribution in [0.4, 0.5) is 17.6 Å². The molecule has 1 unspecified atom stereocenters. The Kier molecular flexibility index (Phi) is 7.73. The van der Waals surface area contributed by atoms with Gasteiger partial charge in [0, 0.05) is 12.8 Å². The number of ether oxygens (including phenoxy) is 2. The van der Waals surface area contributed by atoms with E-state index in [0.717, 1.165) is 12.1 Å². The van der Waals surface area contributed by atoms with E-state index in [1.54, 1.807) is 13.8 Å². The molecular weight excluding hydrogens is 428 g/mol. The van der Waals surface area contributed by atoms with Gasteiger partial charge in [-0.1, -0.05) is 19.4 Å². The van der Waals surface area contributed by atoms with Gasteiger partial charge in [0.15, 0.2) is 0 Å². The van der Waals surface area contributed by atoms with Crippen LogP contribution in [0, 0.1) is 17.1 Å². The molecule has 32 heavy (non-hydrogen) atoms. The lowest BCUT2D eigenvalue weighted by Crippen LogP contribution is -2.36. The molecule has 174 valence electrons. The van der Waals surface area contributed by atoms with Gasteiger partial charge in [-0.25, -0.2) is 9.18 Å². The SMILES string of the molecule is CCCC(C)(C)OC(=O)C1=C(COC)NC(C)=C(C#N)C1c1ccc(F)cc1C(F)(F)F. The summed E-state index contributed by atoms with van der Waals surface area (Å²) in [6.07, 6.45) is -3.67. The Morgan fingerprint density at radius 3 is 2.47 bits per heavy atom. The fourth-order valence-corrected chi connectivity index (χ4v) is 3.84. The van der Waals surface area contributed by atoms with Crippen LogP contribution in [0.1, 0.15) is 57.6 Å². The second kappa shape index (κ2) is 9.74. The summed E-state index contributed by atoms with van der Waals surface area (Å²) in [5.41, 5.74) is -2.38. The summed E-state index contributed by atoms with van der Waals surface area (Å²) >= 11 is 0. The number of nitrogens with one attached hydrogen (secondary N) is 1. The van der Waals surface area contributed by atoms with E-state index < -0.39 is 40.6 Å². The van der Waals surface area contributed by atoms with Crippen LogP contribution in [0.5, 0.6) is 0 Å². The summed E-state index contributed by atoms with van der Waals surface area (Å²) in [7, 11) is 1.37. The molecule has 1 atom stereocenters. The van der Waals surface area contributed by atoms with Gasteiger partial charge in [-0.05, 0) is 44.9 Å². The van der Waals surface area contributed by atoms with Crippen molar-refractivity contribution in [3.63, 3.8) is 0 Å². The number of methoxy groups -OCH3 is 1. The summed E-state index contributed by atoms with van der Waals surface area (Å²) in [6.45, 7) is 6.68. The molecule has 0 aromatic heterocycles. The minimum absolute atomic E-state index is 0.0952. The van der Waals surface area contributed by atoms with Gasteiger partial charge >= 0.3 is 12.1 Å². The van der Waals surface area contributed by atoms with Gasteiger partial charge in [0.05, 0.1) is 41.0 Å². The van der Waals surface area contributed by atoms with E-state index in [1.165, 1.54) is 14.0 Å². The molecule has 0 spiro atoms. The molecule has 0 aliphatic carbocycles. The number of benzene rings is 1. The number of halogens is 4. The Morgan fingerprint density at radius 1 is 1.28 bits per heavy atom. The molecule has 0 bridgehead atoms. The van der Waals surface area contributed by atoms with Gasteiger partial charge < -0.3 is 14.8 Å². The third-order valence-corrected chi connectivity index (χ3v) is 5.13. The van der Waals surface area contributed by atoms with Crippen LogP contribution in [0.3, 0.4) is 0 Å². The number of alkyl halides is 3. The van der Waals surface area contributed by atoms with Gasteiger partial charge in [-0.3, -0.25) is 0 Å². The highest BCUT2D eigenvalue weighted by Gasteiger charge is 2.43. The molecule has 5 nitrogen and oxygen atoms in total. The zero-order chi connectivity index (χ0) is 24.3. The molecule has 1 aliphatic rings. The minimum Gasteiger partial charge on any atom is -0.456 e. The summed E-state index contributed by atoms with van der Waals surface area (Å²) in [4.78, 5) is 13.3. The number of rotatable bonds is 7. The lowest BCUT2D eigenvalue weighted by atomic mass is 9.78. The van der Waals surface area contributed by atoms with Crippen molar-refractivity contribution in [1.82, 2.24) is 5.32 Å². The zero-order valence-electron chi connectivity index (χ0n) is 18.6. The molecule has 1 aromatic rings. The predicted molar refractivity (Wildman–Crippen MR) is 110 cm³/mol. The first kappa shape index (κ1) is 25.4. The van der Waals surface area contributed by atoms with E-state index in [1.807, 2.05) is 13.0 Å². The first-order valence-electron chi connectivity index (χ1n) is 10.1. The monoisotopic (exact) mass is 454 g/mol. The Bertz CT molecular complexity index is 988. The summed E-state index contributed by atoms with van der Waals surface area (Å²) in [5.74, 6) is -3.36. The molecule has 0 saturated carbocycles. The molecule has 0 saturated heterocycles. The van der Waals surface area contributed by atoms with E-state index in [9.17, 15) is 27.6 Å². The molecule has 0 amide bonds. The van der Waals surface area contributed by atoms with Crippen molar-refractivity contribution in [2.24, 2.45) is 0 Å². The second-order valence-electron chi connectivity index (χ2n) is 8.16. The second-order valence-corrected chi connectivity index (χ2v) is 8.16. The molecule has 1 aliphatic heterocycles. The van der Waals surface area contributed by atoms with Gasteiger partial charge in [-0.15, -0.1) is 0 Å². The van der Waals surface area contributed by atoms with Crippen molar-refractivity contribution < 1.29 is 31.8 Å². The van der Waals surface area contributed by atoms with Gasteiger partial charge in [-0.2, -0.15) is 18.4 Å². The van der Waals surface area contributed by atoms with Crippen molar-refractivity contribution in [3.8, 4) is 6.07 Å². The summed E-state index contributed by atoms with van der Waals surface area (Å²) < 4.78 is 66.0. The van der Waals surface area contributed by atoms with Crippen LogP contribution in [0.2, 0.25) is 0 Å². The van der Waals surface area contributed by atoms with Crippen LogP contribution in [-0.2, 0) is 20.4 Å². The molecule has 1 heterocycles. The summed E-state index contributed by atoms with van der Waals surface area (Å²) in [6, 6.07) is 4.09. The Balaban J connectivity index is 2.79. The number of carbonyl (C=O) groups is 1. The number of carbonyl (C=O) groups excluding carboxylic acids is 1. The molecule has 1 N–H and O–H groups in total. The van der Waals surface area contributed by atoms with E-state index in [4.69, 9.17) is 9.47 Å².